The summed E-state index contributed by atoms with van der Waals surface area (Å²) in [6.45, 7) is -1.23. The van der Waals surface area contributed by atoms with E-state index in [0.29, 0.717) is 5.56 Å². The van der Waals surface area contributed by atoms with Gasteiger partial charge in [-0.3, -0.25) is 0 Å². The van der Waals surface area contributed by atoms with Gasteiger partial charge in [-0.15, -0.1) is 0 Å². The largest absolute Gasteiger partial charge is 0.452 e. The highest BCUT2D eigenvalue weighted by Gasteiger charge is 2.55. The van der Waals surface area contributed by atoms with Crippen molar-refractivity contribution >= 4 is 28.5 Å². The first kappa shape index (κ1) is 26.5. The number of allylic oxidation sites excluding steroid dienone is 1. The van der Waals surface area contributed by atoms with E-state index in [1.165, 1.54) is 11.6 Å². The molecule has 0 amide bonds. The van der Waals surface area contributed by atoms with Gasteiger partial charge in [-0.1, -0.05) is 30.3 Å². The highest BCUT2D eigenvalue weighted by molar-refractivity contribution is 7.97. The zero-order valence-corrected chi connectivity index (χ0v) is 20.8. The average molecular weight is 523 g/mol. The van der Waals surface area contributed by atoms with E-state index in [9.17, 15) is 13.2 Å². The molecule has 0 spiro atoms. The highest BCUT2D eigenvalue weighted by Crippen LogP contribution is 2.35. The molecule has 1 aliphatic heterocycles. The van der Waals surface area contributed by atoms with Crippen LogP contribution in [0.1, 0.15) is 24.8 Å². The van der Waals surface area contributed by atoms with E-state index in [-0.39, 0.29) is 28.9 Å². The van der Waals surface area contributed by atoms with E-state index in [4.69, 9.17) is 20.3 Å². The van der Waals surface area contributed by atoms with Crippen LogP contribution in [0.3, 0.4) is 0 Å². The van der Waals surface area contributed by atoms with Gasteiger partial charge in [0.2, 0.25) is 0 Å². The van der Waals surface area contributed by atoms with E-state index in [1.807, 2.05) is 24.6 Å². The number of aromatic nitrogens is 3. The number of aliphatic hydroxyl groups excluding tert-OH is 1. The number of pyridine rings is 1. The molecule has 4 N–H and O–H groups in total. The molecule has 2 aromatic heterocycles. The molecule has 0 bridgehead atoms. The summed E-state index contributed by atoms with van der Waals surface area (Å²) < 4.78 is 53.4. The van der Waals surface area contributed by atoms with Gasteiger partial charge in [0.05, 0.1) is 18.7 Å². The lowest BCUT2D eigenvalue weighted by Crippen LogP contribution is -2.43. The Kier molecular flexibility index (Phi) is 8.23. The van der Waals surface area contributed by atoms with Crippen LogP contribution in [0.5, 0.6) is 6.01 Å². The third kappa shape index (κ3) is 5.54. The van der Waals surface area contributed by atoms with Crippen molar-refractivity contribution in [3.8, 4) is 17.3 Å². The number of rotatable bonds is 5. The van der Waals surface area contributed by atoms with Crippen LogP contribution in [0.2, 0.25) is 0 Å². The molecule has 11 heteroatoms. The van der Waals surface area contributed by atoms with Gasteiger partial charge in [0.1, 0.15) is 11.8 Å². The summed E-state index contributed by atoms with van der Waals surface area (Å²) in [4.78, 5) is 11.0. The summed E-state index contributed by atoms with van der Waals surface area (Å²) in [7, 11) is 0. The van der Waals surface area contributed by atoms with Crippen LogP contribution in [-0.4, -0.2) is 70.0 Å². The van der Waals surface area contributed by atoms with Gasteiger partial charge in [-0.25, -0.2) is 9.37 Å². The first-order valence-electron chi connectivity index (χ1n) is 11.6. The van der Waals surface area contributed by atoms with Crippen LogP contribution in [0.25, 0.3) is 28.0 Å². The number of aliphatic hydroxyl groups is 1. The maximum absolute atomic E-state index is 14.8. The van der Waals surface area contributed by atoms with Gasteiger partial charge in [0.25, 0.3) is 6.01 Å². The summed E-state index contributed by atoms with van der Waals surface area (Å²) in [5, 5.41) is 9.03. The lowest BCUT2D eigenvalue weighted by atomic mass is 9.90. The number of benzene rings is 1. The number of H-pyrrole nitrogens is 1. The number of imidazole rings is 1. The Balaban J connectivity index is 0.000000967. The van der Waals surface area contributed by atoms with Crippen LogP contribution >= 0.6 is 11.8 Å². The molecule has 3 atom stereocenters. The molecular weight excluding hydrogens is 493 g/mol. The Hall–Kier alpha value is -2.60. The predicted molar refractivity (Wildman–Crippen MR) is 135 cm³/mol. The summed E-state index contributed by atoms with van der Waals surface area (Å²) in [5.41, 5.74) is 9.24. The van der Waals surface area contributed by atoms with Crippen molar-refractivity contribution < 1.29 is 27.8 Å². The molecule has 2 aliphatic rings. The molecule has 0 saturated carbocycles. The molecule has 1 saturated heterocycles. The molecular formula is C25H29F3N4O3S. The second-order valence-electron chi connectivity index (χ2n) is 8.77. The number of hydrogen-bond donors (Lipinski definition) is 3. The van der Waals surface area contributed by atoms with Crippen molar-refractivity contribution in [2.45, 2.75) is 43.4 Å². The van der Waals surface area contributed by atoms with Gasteiger partial charge in [-0.05, 0) is 42.9 Å². The Bertz CT molecular complexity index is 1220. The fraction of sp³-hybridized carbons (Fsp3) is 0.440. The molecule has 1 unspecified atom stereocenters. The highest BCUT2D eigenvalue weighted by atomic mass is 32.2. The number of nitrogens with two attached hydrogens (primary N) is 1. The second kappa shape index (κ2) is 11.2. The molecule has 5 rings (SSSR count). The van der Waals surface area contributed by atoms with E-state index in [1.54, 1.807) is 23.9 Å². The number of alkyl halides is 2. The minimum absolute atomic E-state index is 0.0987. The first-order valence-corrected chi connectivity index (χ1v) is 13.2. The van der Waals surface area contributed by atoms with Crippen molar-refractivity contribution in [3.63, 3.8) is 0 Å². The fourth-order valence-corrected chi connectivity index (χ4v) is 4.17. The third-order valence-electron chi connectivity index (χ3n) is 6.11. The van der Waals surface area contributed by atoms with Crippen LogP contribution in [0.15, 0.2) is 36.4 Å². The molecule has 0 radical (unpaired) electrons. The van der Waals surface area contributed by atoms with Crippen molar-refractivity contribution in [2.75, 3.05) is 25.7 Å². The Morgan fingerprint density at radius 2 is 1.92 bits per heavy atom. The number of halogens is 3. The maximum Gasteiger partial charge on any atom is 0.314 e. The predicted octanol–water partition coefficient (Wildman–Crippen LogP) is 4.41. The first-order chi connectivity index (χ1) is 17.3. The molecule has 1 aliphatic carbocycles. The normalized spacial score (nSPS) is 23.2. The average Bonchev–Trinajstić information content (AvgIpc) is 3.38. The fourth-order valence-electron chi connectivity index (χ4n) is 4.17. The van der Waals surface area contributed by atoms with Crippen molar-refractivity contribution in [3.05, 3.63) is 47.8 Å². The Labute approximate surface area is 211 Å². The maximum atomic E-state index is 14.8. The lowest BCUT2D eigenvalue weighted by Gasteiger charge is -2.20. The summed E-state index contributed by atoms with van der Waals surface area (Å²) >= 11 is 1.75. The molecule has 1 fully saturated rings. The Morgan fingerprint density at radius 1 is 1.22 bits per heavy atom. The number of thioether (sulfide) groups is 1. The number of fused-ring (bicyclic) bond motifs is 1. The lowest BCUT2D eigenvalue weighted by molar-refractivity contribution is -0.118. The van der Waals surface area contributed by atoms with Crippen LogP contribution in [0.4, 0.5) is 13.2 Å². The minimum Gasteiger partial charge on any atom is -0.452 e. The van der Waals surface area contributed by atoms with Gasteiger partial charge in [-0.2, -0.15) is 25.5 Å². The van der Waals surface area contributed by atoms with Crippen molar-refractivity contribution in [1.82, 2.24) is 15.0 Å². The van der Waals surface area contributed by atoms with E-state index >= 15 is 0 Å². The van der Waals surface area contributed by atoms with Crippen molar-refractivity contribution in [2.24, 2.45) is 5.73 Å². The quantitative estimate of drug-likeness (QED) is 0.456. The second-order valence-corrected chi connectivity index (χ2v) is 9.58. The van der Waals surface area contributed by atoms with Crippen molar-refractivity contribution in [1.29, 1.82) is 0 Å². The number of aromatic amines is 1. The smallest absolute Gasteiger partial charge is 0.314 e. The molecule has 194 valence electrons. The summed E-state index contributed by atoms with van der Waals surface area (Å²) in [6, 6.07) is 8.60. The van der Waals surface area contributed by atoms with Gasteiger partial charge >= 0.3 is 5.92 Å². The molecule has 36 heavy (non-hydrogen) atoms. The number of nitrogens with one attached hydrogen (secondary N) is 1. The number of nitrogens with zero attached hydrogens (tertiary/aromatic N) is 2. The molecule has 3 heterocycles. The van der Waals surface area contributed by atoms with Gasteiger partial charge in [0, 0.05) is 17.7 Å². The van der Waals surface area contributed by atoms with Gasteiger partial charge < -0.3 is 25.3 Å². The SMILES string of the molecule is CSC.NC1CC=C(c2ccc(-c3nc4nc(O[C@@H]5CO[C@H](CO)C5(F)F)[nH]c4cc3F)cc2)CC1. The standard InChI is InChI=1S/C23H23F3N4O3.C2H6S/c24-16-9-17-21(30-22(28-17)33-19-11-32-18(10-31)23(19,25)26)29-20(16)14-3-1-12(2-4-14)13-5-7-15(27)8-6-13;1-3-2/h1-5,9,15,18-19,31H,6-8,10-11,27H2,(H,28,29,30);1-2H3/t15?,18-,19-;/m1./s1. The molecule has 1 aromatic carbocycles. The Morgan fingerprint density at radius 3 is 2.53 bits per heavy atom. The molecule has 7 nitrogen and oxygen atoms in total. The summed E-state index contributed by atoms with van der Waals surface area (Å²) in [6.07, 6.45) is 5.63. The van der Waals surface area contributed by atoms with E-state index in [2.05, 4.69) is 21.0 Å². The number of hydrogen-bond acceptors (Lipinski definition) is 7. The zero-order chi connectivity index (χ0) is 25.9. The van der Waals surface area contributed by atoms with E-state index < -0.39 is 37.2 Å². The van der Waals surface area contributed by atoms with Crippen LogP contribution in [0, 0.1) is 5.82 Å². The third-order valence-corrected chi connectivity index (χ3v) is 6.11. The monoisotopic (exact) mass is 522 g/mol. The molecule has 3 aromatic rings. The van der Waals surface area contributed by atoms with Gasteiger partial charge in [0.15, 0.2) is 17.6 Å². The van der Waals surface area contributed by atoms with Crippen LogP contribution in [-0.2, 0) is 4.74 Å². The minimum atomic E-state index is -3.39. The zero-order valence-electron chi connectivity index (χ0n) is 20.0. The van der Waals surface area contributed by atoms with Crippen LogP contribution < -0.4 is 10.5 Å². The topological polar surface area (TPSA) is 106 Å². The number of ether oxygens (including phenoxy) is 2. The van der Waals surface area contributed by atoms with E-state index in [0.717, 1.165) is 24.8 Å². The summed E-state index contributed by atoms with van der Waals surface area (Å²) in [5.74, 6) is -3.97.